The number of nitrogens with one attached hydrogen (secondary N) is 1. The van der Waals surface area contributed by atoms with Crippen molar-refractivity contribution in [1.82, 2.24) is 10.2 Å². The first-order valence-corrected chi connectivity index (χ1v) is 12.4. The minimum absolute atomic E-state index is 0.0632. The van der Waals surface area contributed by atoms with Crippen molar-refractivity contribution in [2.75, 3.05) is 6.54 Å². The number of benzene rings is 3. The van der Waals surface area contributed by atoms with Crippen molar-refractivity contribution in [3.05, 3.63) is 105 Å². The summed E-state index contributed by atoms with van der Waals surface area (Å²) >= 11 is 12.7. The molecule has 184 valence electrons. The third-order valence-electron chi connectivity index (χ3n) is 5.79. The SMILES string of the molecule is CCCCNC(=O)[C@H](Cc1ccccc1)N(Cc1ccccc1F)C(=O)Cc1c(Cl)cccc1Cl. The summed E-state index contributed by atoms with van der Waals surface area (Å²) < 4.78 is 14.6. The summed E-state index contributed by atoms with van der Waals surface area (Å²) in [5.41, 5.74) is 1.69. The van der Waals surface area contributed by atoms with E-state index in [4.69, 9.17) is 23.2 Å². The zero-order chi connectivity index (χ0) is 25.2. The molecule has 1 atom stereocenters. The van der Waals surface area contributed by atoms with Crippen LogP contribution in [0.4, 0.5) is 4.39 Å². The van der Waals surface area contributed by atoms with Crippen LogP contribution in [0.2, 0.25) is 10.0 Å². The summed E-state index contributed by atoms with van der Waals surface area (Å²) in [6.45, 7) is 2.47. The third-order valence-corrected chi connectivity index (χ3v) is 6.50. The highest BCUT2D eigenvalue weighted by molar-refractivity contribution is 6.36. The van der Waals surface area contributed by atoms with Crippen molar-refractivity contribution in [2.24, 2.45) is 0 Å². The van der Waals surface area contributed by atoms with Gasteiger partial charge in [0, 0.05) is 35.1 Å². The number of carbonyl (C=O) groups excluding carboxylic acids is 2. The first-order chi connectivity index (χ1) is 16.9. The summed E-state index contributed by atoms with van der Waals surface area (Å²) in [5.74, 6) is -1.09. The fraction of sp³-hybridized carbons (Fsp3) is 0.286. The Balaban J connectivity index is 1.99. The lowest BCUT2D eigenvalue weighted by Gasteiger charge is -2.32. The second kappa shape index (κ2) is 13.3. The average molecular weight is 515 g/mol. The first kappa shape index (κ1) is 26.7. The zero-order valence-electron chi connectivity index (χ0n) is 19.6. The monoisotopic (exact) mass is 514 g/mol. The zero-order valence-corrected chi connectivity index (χ0v) is 21.2. The first-order valence-electron chi connectivity index (χ1n) is 11.7. The van der Waals surface area contributed by atoms with Crippen molar-refractivity contribution in [2.45, 2.75) is 45.2 Å². The maximum Gasteiger partial charge on any atom is 0.243 e. The van der Waals surface area contributed by atoms with E-state index >= 15 is 0 Å². The number of halogens is 3. The molecule has 0 fully saturated rings. The normalized spacial score (nSPS) is 11.7. The molecule has 0 unspecified atom stereocenters. The van der Waals surface area contributed by atoms with E-state index < -0.39 is 11.9 Å². The Morgan fingerprint density at radius 3 is 2.26 bits per heavy atom. The summed E-state index contributed by atoms with van der Waals surface area (Å²) in [5, 5.41) is 3.68. The molecule has 3 aromatic carbocycles. The molecule has 35 heavy (non-hydrogen) atoms. The molecular formula is C28H29Cl2FN2O2. The standard InChI is InChI=1S/C28H29Cl2FN2O2/c1-2-3-16-32-28(35)26(17-20-10-5-4-6-11-20)33(19-21-12-7-8-15-25(21)31)27(34)18-22-23(29)13-9-14-24(22)30/h4-15,26H,2-3,16-19H2,1H3,(H,32,35)/t26-/m0/s1. The number of amides is 2. The fourth-order valence-corrected chi connectivity index (χ4v) is 4.36. The smallest absolute Gasteiger partial charge is 0.243 e. The highest BCUT2D eigenvalue weighted by Crippen LogP contribution is 2.26. The number of carbonyl (C=O) groups is 2. The van der Waals surface area contributed by atoms with E-state index in [9.17, 15) is 14.0 Å². The lowest BCUT2D eigenvalue weighted by Crippen LogP contribution is -2.51. The molecule has 4 nitrogen and oxygen atoms in total. The van der Waals surface area contributed by atoms with Gasteiger partial charge in [-0.15, -0.1) is 0 Å². The highest BCUT2D eigenvalue weighted by atomic mass is 35.5. The Morgan fingerprint density at radius 2 is 1.60 bits per heavy atom. The quantitative estimate of drug-likeness (QED) is 0.308. The van der Waals surface area contributed by atoms with Crippen molar-refractivity contribution in [1.29, 1.82) is 0 Å². The molecule has 7 heteroatoms. The van der Waals surface area contributed by atoms with Crippen LogP contribution in [0.15, 0.2) is 72.8 Å². The molecule has 0 bridgehead atoms. The summed E-state index contributed by atoms with van der Waals surface area (Å²) in [6, 6.07) is 19.9. The lowest BCUT2D eigenvalue weighted by molar-refractivity contribution is -0.140. The van der Waals surface area contributed by atoms with Crippen LogP contribution in [-0.2, 0) is 29.0 Å². The van der Waals surface area contributed by atoms with Gasteiger partial charge in [-0.2, -0.15) is 0 Å². The van der Waals surface area contributed by atoms with E-state index in [0.29, 0.717) is 27.7 Å². The summed E-state index contributed by atoms with van der Waals surface area (Å²) in [7, 11) is 0. The predicted octanol–water partition coefficient (Wildman–Crippen LogP) is 6.23. The minimum atomic E-state index is -0.845. The van der Waals surface area contributed by atoms with Crippen LogP contribution in [0.3, 0.4) is 0 Å². The van der Waals surface area contributed by atoms with Gasteiger partial charge >= 0.3 is 0 Å². The molecule has 0 saturated carbocycles. The molecule has 3 rings (SSSR count). The molecule has 0 spiro atoms. The predicted molar refractivity (Wildman–Crippen MR) is 139 cm³/mol. The molecule has 0 aliphatic carbocycles. The van der Waals surface area contributed by atoms with E-state index in [1.807, 2.05) is 37.3 Å². The van der Waals surface area contributed by atoms with E-state index in [1.165, 1.54) is 11.0 Å². The van der Waals surface area contributed by atoms with Gasteiger partial charge in [0.2, 0.25) is 11.8 Å². The second-order valence-corrected chi connectivity index (χ2v) is 9.15. The number of hydrogen-bond donors (Lipinski definition) is 1. The molecule has 0 radical (unpaired) electrons. The van der Waals surface area contributed by atoms with Gasteiger partial charge in [-0.3, -0.25) is 9.59 Å². The average Bonchev–Trinajstić information content (AvgIpc) is 2.85. The van der Waals surface area contributed by atoms with Crippen LogP contribution in [0.1, 0.15) is 36.5 Å². The van der Waals surface area contributed by atoms with Gasteiger partial charge in [-0.05, 0) is 35.7 Å². The Morgan fingerprint density at radius 1 is 0.943 bits per heavy atom. The van der Waals surface area contributed by atoms with Crippen LogP contribution >= 0.6 is 23.2 Å². The van der Waals surface area contributed by atoms with Gasteiger partial charge in [0.05, 0.1) is 6.42 Å². The molecule has 0 aliphatic heterocycles. The van der Waals surface area contributed by atoms with Gasteiger partial charge in [-0.1, -0.05) is 91.1 Å². The summed E-state index contributed by atoms with van der Waals surface area (Å²) in [6.07, 6.45) is 1.92. The fourth-order valence-electron chi connectivity index (χ4n) is 3.82. The molecule has 1 N–H and O–H groups in total. The van der Waals surface area contributed by atoms with Gasteiger partial charge < -0.3 is 10.2 Å². The largest absolute Gasteiger partial charge is 0.354 e. The van der Waals surface area contributed by atoms with Crippen LogP contribution in [-0.4, -0.2) is 29.3 Å². The van der Waals surface area contributed by atoms with Crippen molar-refractivity contribution in [3.8, 4) is 0 Å². The molecular weight excluding hydrogens is 486 g/mol. The molecule has 2 amide bonds. The number of unbranched alkanes of at least 4 members (excludes halogenated alkanes) is 1. The lowest BCUT2D eigenvalue weighted by atomic mass is 10.0. The van der Waals surface area contributed by atoms with Crippen molar-refractivity contribution >= 4 is 35.0 Å². The Bertz CT molecular complexity index is 1120. The van der Waals surface area contributed by atoms with E-state index in [2.05, 4.69) is 5.32 Å². The molecule has 0 aromatic heterocycles. The van der Waals surface area contributed by atoms with E-state index in [1.54, 1.807) is 36.4 Å². The highest BCUT2D eigenvalue weighted by Gasteiger charge is 2.31. The molecule has 0 aliphatic rings. The third kappa shape index (κ3) is 7.55. The van der Waals surface area contributed by atoms with Gasteiger partial charge in [0.15, 0.2) is 0 Å². The maximum absolute atomic E-state index is 14.6. The number of rotatable bonds is 11. The van der Waals surface area contributed by atoms with Crippen LogP contribution in [0, 0.1) is 5.82 Å². The van der Waals surface area contributed by atoms with Crippen molar-refractivity contribution in [3.63, 3.8) is 0 Å². The topological polar surface area (TPSA) is 49.4 Å². The summed E-state index contributed by atoms with van der Waals surface area (Å²) in [4.78, 5) is 28.5. The van der Waals surface area contributed by atoms with E-state index in [-0.39, 0.29) is 31.2 Å². The molecule has 0 heterocycles. The second-order valence-electron chi connectivity index (χ2n) is 8.34. The van der Waals surface area contributed by atoms with Gasteiger partial charge in [0.25, 0.3) is 0 Å². The number of hydrogen-bond acceptors (Lipinski definition) is 2. The Kier molecular flexibility index (Phi) is 10.1. The maximum atomic E-state index is 14.6. The van der Waals surface area contributed by atoms with E-state index in [0.717, 1.165) is 18.4 Å². The van der Waals surface area contributed by atoms with Crippen LogP contribution < -0.4 is 5.32 Å². The molecule has 3 aromatic rings. The molecule has 0 saturated heterocycles. The van der Waals surface area contributed by atoms with Crippen LogP contribution in [0.5, 0.6) is 0 Å². The number of nitrogens with zero attached hydrogens (tertiary/aromatic N) is 1. The minimum Gasteiger partial charge on any atom is -0.354 e. The van der Waals surface area contributed by atoms with Crippen molar-refractivity contribution < 1.29 is 14.0 Å². The van der Waals surface area contributed by atoms with Gasteiger partial charge in [0.1, 0.15) is 11.9 Å². The Labute approximate surface area is 216 Å². The van der Waals surface area contributed by atoms with Gasteiger partial charge in [-0.25, -0.2) is 4.39 Å². The van der Waals surface area contributed by atoms with Crippen LogP contribution in [0.25, 0.3) is 0 Å². The Hall–Kier alpha value is -2.89.